The molecule has 3 nitrogen and oxygen atoms in total. The zero-order valence-electron chi connectivity index (χ0n) is 12.0. The van der Waals surface area contributed by atoms with Crippen LogP contribution in [0.25, 0.3) is 0 Å². The van der Waals surface area contributed by atoms with Crippen molar-refractivity contribution in [2.45, 2.75) is 64.5 Å². The molecule has 1 aromatic heterocycles. The van der Waals surface area contributed by atoms with Gasteiger partial charge in [0.25, 0.3) is 0 Å². The van der Waals surface area contributed by atoms with Gasteiger partial charge < -0.3 is 10.1 Å². The molecular formula is C16H26N2O. The molecule has 1 heterocycles. The number of nitrogens with zero attached hydrogens (tertiary/aromatic N) is 1. The summed E-state index contributed by atoms with van der Waals surface area (Å²) in [4.78, 5) is 4.52. The van der Waals surface area contributed by atoms with Crippen LogP contribution in [0.2, 0.25) is 0 Å². The summed E-state index contributed by atoms with van der Waals surface area (Å²) in [5.74, 6) is 0.769. The fourth-order valence-corrected chi connectivity index (χ4v) is 2.06. The lowest BCUT2D eigenvalue weighted by molar-refractivity contribution is 0.292. The van der Waals surface area contributed by atoms with Crippen LogP contribution in [0.15, 0.2) is 18.2 Å². The summed E-state index contributed by atoms with van der Waals surface area (Å²) in [6, 6.07) is 6.77. The summed E-state index contributed by atoms with van der Waals surface area (Å²) in [5, 5.41) is 3.47. The quantitative estimate of drug-likeness (QED) is 0.653. The third kappa shape index (κ3) is 6.06. The number of rotatable bonds is 10. The van der Waals surface area contributed by atoms with Crippen molar-refractivity contribution in [1.82, 2.24) is 10.3 Å². The van der Waals surface area contributed by atoms with Crippen LogP contribution >= 0.6 is 0 Å². The van der Waals surface area contributed by atoms with Crippen molar-refractivity contribution in [2.24, 2.45) is 0 Å². The Kier molecular flexibility index (Phi) is 6.15. The number of unbranched alkanes of at least 4 members (excludes halogenated alkanes) is 4. The smallest absolute Gasteiger partial charge is 0.213 e. The molecule has 0 spiro atoms. The van der Waals surface area contributed by atoms with Crippen molar-refractivity contribution in [2.75, 3.05) is 6.61 Å². The summed E-state index contributed by atoms with van der Waals surface area (Å²) in [5.41, 5.74) is 1.08. The van der Waals surface area contributed by atoms with Crippen LogP contribution in [0, 0.1) is 0 Å². The summed E-state index contributed by atoms with van der Waals surface area (Å²) in [6.07, 6.45) is 8.96. The molecule has 1 aliphatic rings. The molecule has 1 aliphatic carbocycles. The third-order valence-electron chi connectivity index (χ3n) is 3.43. The average Bonchev–Trinajstić information content (AvgIpc) is 3.25. The van der Waals surface area contributed by atoms with Crippen LogP contribution in [0.3, 0.4) is 0 Å². The Morgan fingerprint density at radius 3 is 2.84 bits per heavy atom. The number of aromatic nitrogens is 1. The topological polar surface area (TPSA) is 34.1 Å². The van der Waals surface area contributed by atoms with E-state index in [2.05, 4.69) is 23.3 Å². The van der Waals surface area contributed by atoms with E-state index in [1.54, 1.807) is 0 Å². The van der Waals surface area contributed by atoms with Gasteiger partial charge in [-0.3, -0.25) is 0 Å². The zero-order chi connectivity index (χ0) is 13.3. The minimum absolute atomic E-state index is 0.727. The zero-order valence-corrected chi connectivity index (χ0v) is 12.0. The molecule has 0 radical (unpaired) electrons. The molecule has 0 aliphatic heterocycles. The molecule has 0 atom stereocenters. The number of hydrogen-bond donors (Lipinski definition) is 1. The predicted octanol–water partition coefficient (Wildman–Crippen LogP) is 3.68. The van der Waals surface area contributed by atoms with Gasteiger partial charge in [0.15, 0.2) is 0 Å². The van der Waals surface area contributed by atoms with Crippen LogP contribution < -0.4 is 10.1 Å². The summed E-state index contributed by atoms with van der Waals surface area (Å²) in [6.45, 7) is 3.89. The lowest BCUT2D eigenvalue weighted by atomic mass is 10.2. The highest BCUT2D eigenvalue weighted by atomic mass is 16.5. The van der Waals surface area contributed by atoms with Crippen molar-refractivity contribution >= 4 is 0 Å². The van der Waals surface area contributed by atoms with Gasteiger partial charge in [0.2, 0.25) is 5.88 Å². The highest BCUT2D eigenvalue weighted by molar-refractivity contribution is 5.15. The van der Waals surface area contributed by atoms with Gasteiger partial charge in [-0.05, 0) is 25.3 Å². The molecule has 0 unspecified atom stereocenters. The Hall–Kier alpha value is -1.09. The largest absolute Gasteiger partial charge is 0.478 e. The maximum Gasteiger partial charge on any atom is 0.213 e. The monoisotopic (exact) mass is 262 g/mol. The van der Waals surface area contributed by atoms with Crippen molar-refractivity contribution in [3.63, 3.8) is 0 Å². The average molecular weight is 262 g/mol. The molecule has 1 aromatic rings. The predicted molar refractivity (Wildman–Crippen MR) is 78.4 cm³/mol. The van der Waals surface area contributed by atoms with Gasteiger partial charge in [0.1, 0.15) is 0 Å². The van der Waals surface area contributed by atoms with Crippen LogP contribution in [-0.4, -0.2) is 17.6 Å². The molecule has 106 valence electrons. The van der Waals surface area contributed by atoms with Crippen molar-refractivity contribution in [3.8, 4) is 5.88 Å². The van der Waals surface area contributed by atoms with Gasteiger partial charge in [-0.25, -0.2) is 4.98 Å². The van der Waals surface area contributed by atoms with Crippen LogP contribution in [0.4, 0.5) is 0 Å². The summed E-state index contributed by atoms with van der Waals surface area (Å²) < 4.78 is 5.71. The summed E-state index contributed by atoms with van der Waals surface area (Å²) >= 11 is 0. The Bertz CT molecular complexity index is 364. The molecule has 0 aromatic carbocycles. The minimum Gasteiger partial charge on any atom is -0.478 e. The molecular weight excluding hydrogens is 236 g/mol. The maximum absolute atomic E-state index is 5.71. The number of pyridine rings is 1. The van der Waals surface area contributed by atoms with E-state index in [0.717, 1.165) is 37.2 Å². The van der Waals surface area contributed by atoms with Crippen molar-refractivity contribution in [1.29, 1.82) is 0 Å². The first-order chi connectivity index (χ1) is 9.38. The second kappa shape index (κ2) is 8.16. The highest BCUT2D eigenvalue weighted by Gasteiger charge is 2.20. The molecule has 19 heavy (non-hydrogen) atoms. The van der Waals surface area contributed by atoms with Gasteiger partial charge >= 0.3 is 0 Å². The van der Waals surface area contributed by atoms with Crippen molar-refractivity contribution < 1.29 is 4.74 Å². The first-order valence-corrected chi connectivity index (χ1v) is 7.70. The molecule has 2 rings (SSSR count). The van der Waals surface area contributed by atoms with E-state index in [0.29, 0.717) is 0 Å². The van der Waals surface area contributed by atoms with E-state index in [1.807, 2.05) is 12.1 Å². The van der Waals surface area contributed by atoms with Gasteiger partial charge in [0, 0.05) is 18.7 Å². The fourth-order valence-electron chi connectivity index (χ4n) is 2.06. The van der Waals surface area contributed by atoms with E-state index in [-0.39, 0.29) is 0 Å². The van der Waals surface area contributed by atoms with Gasteiger partial charge in [-0.2, -0.15) is 0 Å². The standard InChI is InChI=1S/C16H26N2O/c1-2-3-4-5-6-12-19-16-9-7-8-15(18-16)13-17-14-10-11-14/h7-9,14,17H,2-6,10-13H2,1H3. The van der Waals surface area contributed by atoms with Crippen LogP contribution in [-0.2, 0) is 6.54 Å². The van der Waals surface area contributed by atoms with Gasteiger partial charge in [0.05, 0.1) is 12.3 Å². The van der Waals surface area contributed by atoms with E-state index in [9.17, 15) is 0 Å². The second-order valence-corrected chi connectivity index (χ2v) is 5.39. The van der Waals surface area contributed by atoms with Crippen molar-refractivity contribution in [3.05, 3.63) is 23.9 Å². The number of ether oxygens (including phenoxy) is 1. The highest BCUT2D eigenvalue weighted by Crippen LogP contribution is 2.19. The maximum atomic E-state index is 5.71. The molecule has 0 saturated heterocycles. The first kappa shape index (κ1) is 14.3. The van der Waals surface area contributed by atoms with E-state index in [1.165, 1.54) is 38.5 Å². The molecule has 1 N–H and O–H groups in total. The normalized spacial score (nSPS) is 14.6. The molecule has 0 bridgehead atoms. The SMILES string of the molecule is CCCCCCCOc1cccc(CNC2CC2)n1. The molecule has 0 amide bonds. The van der Waals surface area contributed by atoms with E-state index >= 15 is 0 Å². The summed E-state index contributed by atoms with van der Waals surface area (Å²) in [7, 11) is 0. The lowest BCUT2D eigenvalue weighted by Gasteiger charge is -2.07. The first-order valence-electron chi connectivity index (χ1n) is 7.70. The Balaban J connectivity index is 1.63. The van der Waals surface area contributed by atoms with Gasteiger partial charge in [-0.15, -0.1) is 0 Å². The van der Waals surface area contributed by atoms with E-state index < -0.39 is 0 Å². The number of hydrogen-bond acceptors (Lipinski definition) is 3. The second-order valence-electron chi connectivity index (χ2n) is 5.39. The molecule has 1 saturated carbocycles. The Morgan fingerprint density at radius 2 is 2.05 bits per heavy atom. The molecule has 3 heteroatoms. The van der Waals surface area contributed by atoms with Crippen LogP contribution in [0.5, 0.6) is 5.88 Å². The Morgan fingerprint density at radius 1 is 1.21 bits per heavy atom. The third-order valence-corrected chi connectivity index (χ3v) is 3.43. The van der Waals surface area contributed by atoms with Crippen LogP contribution in [0.1, 0.15) is 57.6 Å². The van der Waals surface area contributed by atoms with E-state index in [4.69, 9.17) is 4.74 Å². The number of nitrogens with one attached hydrogen (secondary N) is 1. The lowest BCUT2D eigenvalue weighted by Crippen LogP contribution is -2.16. The van der Waals surface area contributed by atoms with Gasteiger partial charge in [-0.1, -0.05) is 38.7 Å². The minimum atomic E-state index is 0.727. The molecule has 1 fully saturated rings. The Labute approximate surface area is 116 Å². The fraction of sp³-hybridized carbons (Fsp3) is 0.688.